The third-order valence-corrected chi connectivity index (χ3v) is 8.33. The average molecular weight is 473 g/mol. The molecule has 0 radical (unpaired) electrons. The lowest BCUT2D eigenvalue weighted by Crippen LogP contribution is -2.60. The van der Waals surface area contributed by atoms with Gasteiger partial charge < -0.3 is 24.8 Å². The fourth-order valence-electron chi connectivity index (χ4n) is 5.72. The number of aliphatic hydroxyl groups excluding tert-OH is 1. The molecule has 2 N–H and O–H groups in total. The molecule has 0 spiro atoms. The van der Waals surface area contributed by atoms with E-state index in [1.54, 1.807) is 6.20 Å². The van der Waals surface area contributed by atoms with Crippen molar-refractivity contribution >= 4 is 39.8 Å². The van der Waals surface area contributed by atoms with Crippen molar-refractivity contribution in [2.45, 2.75) is 18.6 Å². The van der Waals surface area contributed by atoms with Crippen LogP contribution in [0.4, 0.5) is 11.5 Å². The van der Waals surface area contributed by atoms with Crippen LogP contribution in [0, 0.1) is 17.8 Å². The molecule has 4 atom stereocenters. The number of carbonyl (C=O) groups excluding carboxylic acids is 1. The SMILES string of the molecule is C[C@@]1(N2CCN(c3cc4cc(NC(=O)C5C6COCC65)ncc4cc3Cl)CC2)COC[C@@H]1O. The first-order valence-corrected chi connectivity index (χ1v) is 12.1. The highest BCUT2D eigenvalue weighted by Gasteiger charge is 2.58. The molecular formula is C24H29ClN4O4. The van der Waals surface area contributed by atoms with Crippen LogP contribution in [0.25, 0.3) is 10.8 Å². The molecule has 8 nitrogen and oxygen atoms in total. The number of fused-ring (bicyclic) bond motifs is 2. The number of rotatable bonds is 4. The zero-order chi connectivity index (χ0) is 22.7. The molecular weight excluding hydrogens is 444 g/mol. The second-order valence-electron chi connectivity index (χ2n) is 9.96. The monoisotopic (exact) mass is 472 g/mol. The van der Waals surface area contributed by atoms with Gasteiger partial charge in [0.05, 0.1) is 48.8 Å². The van der Waals surface area contributed by atoms with Crippen LogP contribution in [0.3, 0.4) is 0 Å². The van der Waals surface area contributed by atoms with Crippen LogP contribution in [0.2, 0.25) is 5.02 Å². The van der Waals surface area contributed by atoms with Crippen molar-refractivity contribution in [2.24, 2.45) is 17.8 Å². The molecule has 4 heterocycles. The fraction of sp³-hybridized carbons (Fsp3) is 0.583. The van der Waals surface area contributed by atoms with Gasteiger partial charge in [0.25, 0.3) is 0 Å². The summed E-state index contributed by atoms with van der Waals surface area (Å²) in [5.74, 6) is 1.40. The number of ether oxygens (including phenoxy) is 2. The number of aromatic nitrogens is 1. The first kappa shape index (κ1) is 21.6. The van der Waals surface area contributed by atoms with Crippen LogP contribution in [0.15, 0.2) is 24.4 Å². The minimum Gasteiger partial charge on any atom is -0.389 e. The number of aliphatic hydroxyl groups is 1. The number of benzene rings is 1. The summed E-state index contributed by atoms with van der Waals surface area (Å²) in [4.78, 5) is 21.7. The Balaban J connectivity index is 1.17. The third-order valence-electron chi connectivity index (χ3n) is 8.02. The second-order valence-corrected chi connectivity index (χ2v) is 10.4. The molecule has 4 aliphatic rings. The summed E-state index contributed by atoms with van der Waals surface area (Å²) in [6.45, 7) is 7.70. The summed E-state index contributed by atoms with van der Waals surface area (Å²) in [7, 11) is 0. The van der Waals surface area contributed by atoms with Gasteiger partial charge in [0.1, 0.15) is 5.82 Å². The van der Waals surface area contributed by atoms with Crippen molar-refractivity contribution in [1.29, 1.82) is 0 Å². The summed E-state index contributed by atoms with van der Waals surface area (Å²) in [5.41, 5.74) is 0.652. The summed E-state index contributed by atoms with van der Waals surface area (Å²) in [6.07, 6.45) is 1.30. The quantitative estimate of drug-likeness (QED) is 0.703. The zero-order valence-corrected chi connectivity index (χ0v) is 19.4. The molecule has 2 aromatic rings. The average Bonchev–Trinajstić information content (AvgIpc) is 3.09. The van der Waals surface area contributed by atoms with E-state index in [2.05, 4.69) is 33.1 Å². The van der Waals surface area contributed by atoms with Gasteiger partial charge in [-0.3, -0.25) is 9.69 Å². The molecule has 1 aromatic heterocycles. The number of piperazine rings is 1. The molecule has 2 unspecified atom stereocenters. The lowest BCUT2D eigenvalue weighted by atomic mass is 9.95. The Bertz CT molecular complexity index is 1080. The Morgan fingerprint density at radius 2 is 1.88 bits per heavy atom. The fourth-order valence-corrected chi connectivity index (χ4v) is 6.01. The van der Waals surface area contributed by atoms with Crippen LogP contribution >= 0.6 is 11.6 Å². The Labute approximate surface area is 197 Å². The maximum atomic E-state index is 12.6. The maximum Gasteiger partial charge on any atom is 0.229 e. The molecule has 1 aliphatic carbocycles. The Morgan fingerprint density at radius 3 is 2.58 bits per heavy atom. The predicted octanol–water partition coefficient (Wildman–Crippen LogP) is 1.99. The number of nitrogens with one attached hydrogen (secondary N) is 1. The van der Waals surface area contributed by atoms with Crippen molar-refractivity contribution in [3.05, 3.63) is 29.4 Å². The third kappa shape index (κ3) is 3.68. The molecule has 176 valence electrons. The van der Waals surface area contributed by atoms with E-state index in [0.29, 0.717) is 49.1 Å². The molecule has 1 amide bonds. The van der Waals surface area contributed by atoms with Gasteiger partial charge in [-0.1, -0.05) is 11.6 Å². The van der Waals surface area contributed by atoms with Crippen LogP contribution < -0.4 is 10.2 Å². The van der Waals surface area contributed by atoms with Gasteiger partial charge in [-0.05, 0) is 42.3 Å². The topological polar surface area (TPSA) is 87.2 Å². The van der Waals surface area contributed by atoms with E-state index < -0.39 is 6.10 Å². The Morgan fingerprint density at radius 1 is 1.12 bits per heavy atom. The molecule has 9 heteroatoms. The highest BCUT2D eigenvalue weighted by molar-refractivity contribution is 6.34. The normalized spacial score (nSPS) is 34.0. The standard InChI is InChI=1S/C24H29ClN4O4/c1-24(13-33-12-20(24)30)29-4-2-28(3-5-29)19-7-14-8-21(26-9-15(14)6-18(19)25)27-23(31)22-16-10-32-11-17(16)22/h6-9,16-17,20,22,30H,2-5,10-13H2,1H3,(H,26,27,31)/t16?,17?,20-,22?,24+/m0/s1. The number of carbonyl (C=O) groups is 1. The van der Waals surface area contributed by atoms with E-state index >= 15 is 0 Å². The van der Waals surface area contributed by atoms with Crippen LogP contribution in [0.5, 0.6) is 0 Å². The van der Waals surface area contributed by atoms with Crippen LogP contribution in [-0.4, -0.2) is 85.1 Å². The highest BCUT2D eigenvalue weighted by atomic mass is 35.5. The lowest BCUT2D eigenvalue weighted by Gasteiger charge is -2.45. The first-order chi connectivity index (χ1) is 15.9. The van der Waals surface area contributed by atoms with Gasteiger partial charge in [0.15, 0.2) is 0 Å². The molecule has 1 saturated carbocycles. The van der Waals surface area contributed by atoms with E-state index in [1.165, 1.54) is 0 Å². The minimum absolute atomic E-state index is 0.0389. The van der Waals surface area contributed by atoms with E-state index in [4.69, 9.17) is 21.1 Å². The van der Waals surface area contributed by atoms with Crippen molar-refractivity contribution < 1.29 is 19.4 Å². The smallest absolute Gasteiger partial charge is 0.229 e. The molecule has 33 heavy (non-hydrogen) atoms. The van der Waals surface area contributed by atoms with Gasteiger partial charge >= 0.3 is 0 Å². The van der Waals surface area contributed by atoms with Gasteiger partial charge in [-0.2, -0.15) is 0 Å². The Hall–Kier alpha value is -1.97. The van der Waals surface area contributed by atoms with Gasteiger partial charge in [0.2, 0.25) is 5.91 Å². The summed E-state index contributed by atoms with van der Waals surface area (Å²) < 4.78 is 10.9. The van der Waals surface area contributed by atoms with Crippen molar-refractivity contribution in [1.82, 2.24) is 9.88 Å². The summed E-state index contributed by atoms with van der Waals surface area (Å²) in [6, 6.07) is 5.94. The number of hydrogen-bond donors (Lipinski definition) is 2. The predicted molar refractivity (Wildman–Crippen MR) is 126 cm³/mol. The number of anilines is 2. The van der Waals surface area contributed by atoms with Gasteiger partial charge in [-0.15, -0.1) is 0 Å². The van der Waals surface area contributed by atoms with Gasteiger partial charge in [-0.25, -0.2) is 4.98 Å². The van der Waals surface area contributed by atoms with Crippen LogP contribution in [-0.2, 0) is 14.3 Å². The number of nitrogens with zero attached hydrogens (tertiary/aromatic N) is 3. The molecule has 0 bridgehead atoms. The van der Waals surface area contributed by atoms with Crippen molar-refractivity contribution in [2.75, 3.05) is 62.8 Å². The van der Waals surface area contributed by atoms with Crippen LogP contribution in [0.1, 0.15) is 6.92 Å². The first-order valence-electron chi connectivity index (χ1n) is 11.7. The second kappa shape index (κ2) is 8.06. The molecule has 6 rings (SSSR count). The summed E-state index contributed by atoms with van der Waals surface area (Å²) >= 11 is 6.65. The molecule has 3 aliphatic heterocycles. The molecule has 3 saturated heterocycles. The number of halogens is 1. The van der Waals surface area contributed by atoms with Crippen molar-refractivity contribution in [3.8, 4) is 0 Å². The van der Waals surface area contributed by atoms with E-state index in [1.807, 2.05) is 12.1 Å². The van der Waals surface area contributed by atoms with E-state index in [-0.39, 0.29) is 17.4 Å². The van der Waals surface area contributed by atoms with E-state index in [9.17, 15) is 9.90 Å². The minimum atomic E-state index is -0.461. The number of hydrogen-bond acceptors (Lipinski definition) is 7. The number of amides is 1. The number of pyridine rings is 1. The van der Waals surface area contributed by atoms with Gasteiger partial charge in [0, 0.05) is 43.7 Å². The lowest BCUT2D eigenvalue weighted by molar-refractivity contribution is -0.118. The molecule has 1 aromatic carbocycles. The largest absolute Gasteiger partial charge is 0.389 e. The Kier molecular flexibility index (Phi) is 5.27. The summed E-state index contributed by atoms with van der Waals surface area (Å²) in [5, 5.41) is 16.0. The van der Waals surface area contributed by atoms with Crippen molar-refractivity contribution in [3.63, 3.8) is 0 Å². The van der Waals surface area contributed by atoms with E-state index in [0.717, 1.165) is 42.6 Å². The maximum absolute atomic E-state index is 12.6. The molecule has 4 fully saturated rings. The zero-order valence-electron chi connectivity index (χ0n) is 18.7. The highest BCUT2D eigenvalue weighted by Crippen LogP contribution is 2.51.